The molecule has 1 heterocycles. The average Bonchev–Trinajstić information content (AvgIpc) is 3.02. The molecule has 2 aromatic carbocycles. The summed E-state index contributed by atoms with van der Waals surface area (Å²) in [5, 5.41) is 13.3. The average molecular weight is 342 g/mol. The number of aromatic nitrogens is 2. The monoisotopic (exact) mass is 342 g/mol. The molecule has 0 unspecified atom stereocenters. The lowest BCUT2D eigenvalue weighted by molar-refractivity contribution is -0.138. The first kappa shape index (κ1) is 16.6. The predicted molar refractivity (Wildman–Crippen MR) is 87.3 cm³/mol. The van der Waals surface area contributed by atoms with E-state index in [0.717, 1.165) is 6.07 Å². The van der Waals surface area contributed by atoms with Crippen LogP contribution < -0.4 is 5.73 Å². The molecule has 25 heavy (non-hydrogen) atoms. The molecule has 0 fully saturated rings. The number of anilines is 1. The van der Waals surface area contributed by atoms with E-state index >= 15 is 0 Å². The topological polar surface area (TPSA) is 67.6 Å². The molecule has 7 heteroatoms. The number of hydrogen-bond acceptors (Lipinski definition) is 3. The second kappa shape index (κ2) is 6.32. The lowest BCUT2D eigenvalue weighted by Crippen LogP contribution is -2.11. The Balaban J connectivity index is 1.93. The fourth-order valence-electron chi connectivity index (χ4n) is 2.60. The van der Waals surface area contributed by atoms with Gasteiger partial charge in [-0.2, -0.15) is 23.5 Å². The number of hydrogen-bond donors (Lipinski definition) is 1. The normalized spacial score (nSPS) is 11.3. The Morgan fingerprint density at radius 2 is 1.92 bits per heavy atom. The highest BCUT2D eigenvalue weighted by Gasteiger charge is 2.32. The highest BCUT2D eigenvalue weighted by molar-refractivity contribution is 5.72. The van der Waals surface area contributed by atoms with Gasteiger partial charge in [0.2, 0.25) is 0 Å². The predicted octanol–water partition coefficient (Wildman–Crippen LogP) is 4.07. The molecule has 0 saturated carbocycles. The molecule has 4 nitrogen and oxygen atoms in total. The van der Waals surface area contributed by atoms with Crippen molar-refractivity contribution in [2.24, 2.45) is 0 Å². The number of rotatable bonds is 3. The third-order valence-electron chi connectivity index (χ3n) is 3.76. The Bertz CT molecular complexity index is 951. The number of halogens is 3. The van der Waals surface area contributed by atoms with Gasteiger partial charge in [0.25, 0.3) is 0 Å². The molecule has 0 aliphatic heterocycles. The van der Waals surface area contributed by atoms with Crippen molar-refractivity contribution in [2.75, 3.05) is 5.73 Å². The van der Waals surface area contributed by atoms with E-state index in [1.807, 2.05) is 0 Å². The molecule has 126 valence electrons. The van der Waals surface area contributed by atoms with Gasteiger partial charge < -0.3 is 5.73 Å². The van der Waals surface area contributed by atoms with Crippen LogP contribution in [0.1, 0.15) is 16.7 Å². The van der Waals surface area contributed by atoms with Gasteiger partial charge in [-0.3, -0.25) is 4.68 Å². The second-order valence-electron chi connectivity index (χ2n) is 5.50. The lowest BCUT2D eigenvalue weighted by Gasteiger charge is -2.12. The quantitative estimate of drug-likeness (QED) is 0.730. The van der Waals surface area contributed by atoms with Gasteiger partial charge in [0.1, 0.15) is 0 Å². The molecule has 0 aliphatic rings. The summed E-state index contributed by atoms with van der Waals surface area (Å²) in [5.41, 5.74) is 7.23. The van der Waals surface area contributed by atoms with E-state index in [0.29, 0.717) is 22.4 Å². The van der Waals surface area contributed by atoms with E-state index in [1.165, 1.54) is 23.0 Å². The lowest BCUT2D eigenvalue weighted by atomic mass is 10.0. The van der Waals surface area contributed by atoms with Crippen molar-refractivity contribution >= 4 is 5.69 Å². The van der Waals surface area contributed by atoms with Gasteiger partial charge in [0.05, 0.1) is 29.9 Å². The van der Waals surface area contributed by atoms with Crippen molar-refractivity contribution in [1.29, 1.82) is 5.26 Å². The number of nitrogens with two attached hydrogens (primary N) is 1. The van der Waals surface area contributed by atoms with Gasteiger partial charge in [-0.25, -0.2) is 0 Å². The van der Waals surface area contributed by atoms with Crippen LogP contribution in [0, 0.1) is 11.3 Å². The molecular formula is C18H13F3N4. The van der Waals surface area contributed by atoms with Gasteiger partial charge in [-0.15, -0.1) is 0 Å². The fraction of sp³-hybridized carbons (Fsp3) is 0.111. The minimum absolute atomic E-state index is 0.0213. The number of nitriles is 1. The van der Waals surface area contributed by atoms with Gasteiger partial charge in [0.15, 0.2) is 0 Å². The van der Waals surface area contributed by atoms with Crippen LogP contribution in [0.25, 0.3) is 11.1 Å². The Labute approximate surface area is 141 Å². The summed E-state index contributed by atoms with van der Waals surface area (Å²) in [6.45, 7) is -0.0213. The highest BCUT2D eigenvalue weighted by Crippen LogP contribution is 2.32. The number of alkyl halides is 3. The largest absolute Gasteiger partial charge is 0.416 e. The zero-order chi connectivity index (χ0) is 18.0. The van der Waals surface area contributed by atoms with E-state index in [4.69, 9.17) is 5.73 Å². The molecule has 3 aromatic rings. The SMILES string of the molecule is N#Cc1cc(N)ccc1-c1cnn(Cc2ccccc2C(F)(F)F)c1. The van der Waals surface area contributed by atoms with Crippen molar-refractivity contribution in [1.82, 2.24) is 9.78 Å². The van der Waals surface area contributed by atoms with Crippen molar-refractivity contribution in [2.45, 2.75) is 12.7 Å². The van der Waals surface area contributed by atoms with Crippen molar-refractivity contribution in [3.05, 3.63) is 71.5 Å². The Morgan fingerprint density at radius 3 is 2.64 bits per heavy atom. The molecule has 0 aliphatic carbocycles. The highest BCUT2D eigenvalue weighted by atomic mass is 19.4. The van der Waals surface area contributed by atoms with Crippen molar-refractivity contribution < 1.29 is 13.2 Å². The van der Waals surface area contributed by atoms with Crippen LogP contribution in [0.2, 0.25) is 0 Å². The first-order valence-electron chi connectivity index (χ1n) is 7.36. The van der Waals surface area contributed by atoms with E-state index < -0.39 is 11.7 Å². The van der Waals surface area contributed by atoms with Gasteiger partial charge in [0, 0.05) is 23.0 Å². The van der Waals surface area contributed by atoms with Gasteiger partial charge in [-0.05, 0) is 23.8 Å². The Morgan fingerprint density at radius 1 is 1.16 bits per heavy atom. The van der Waals surface area contributed by atoms with Crippen molar-refractivity contribution in [3.63, 3.8) is 0 Å². The summed E-state index contributed by atoms with van der Waals surface area (Å²) in [7, 11) is 0. The summed E-state index contributed by atoms with van der Waals surface area (Å²) in [5.74, 6) is 0. The summed E-state index contributed by atoms with van der Waals surface area (Å²) in [6.07, 6.45) is -1.29. The molecular weight excluding hydrogens is 329 g/mol. The summed E-state index contributed by atoms with van der Waals surface area (Å²) in [6, 6.07) is 12.3. The number of benzene rings is 2. The minimum atomic E-state index is -4.42. The first-order valence-corrected chi connectivity index (χ1v) is 7.36. The number of nitrogens with zero attached hydrogens (tertiary/aromatic N) is 3. The van der Waals surface area contributed by atoms with E-state index in [-0.39, 0.29) is 12.1 Å². The third-order valence-corrected chi connectivity index (χ3v) is 3.76. The van der Waals surface area contributed by atoms with Crippen LogP contribution >= 0.6 is 0 Å². The van der Waals surface area contributed by atoms with Gasteiger partial charge in [-0.1, -0.05) is 24.3 Å². The third kappa shape index (κ3) is 3.48. The van der Waals surface area contributed by atoms with Crippen LogP contribution in [0.15, 0.2) is 54.9 Å². The molecule has 0 saturated heterocycles. The van der Waals surface area contributed by atoms with E-state index in [9.17, 15) is 18.4 Å². The molecule has 0 atom stereocenters. The Kier molecular flexibility index (Phi) is 4.19. The van der Waals surface area contributed by atoms with Crippen LogP contribution in [-0.2, 0) is 12.7 Å². The molecule has 2 N–H and O–H groups in total. The molecule has 0 bridgehead atoms. The summed E-state index contributed by atoms with van der Waals surface area (Å²) >= 11 is 0. The Hall–Kier alpha value is -3.27. The second-order valence-corrected chi connectivity index (χ2v) is 5.50. The van der Waals surface area contributed by atoms with Crippen LogP contribution in [0.3, 0.4) is 0 Å². The first-order chi connectivity index (χ1) is 11.9. The maximum Gasteiger partial charge on any atom is 0.416 e. The zero-order valence-electron chi connectivity index (χ0n) is 13.0. The minimum Gasteiger partial charge on any atom is -0.399 e. The van der Waals surface area contributed by atoms with Gasteiger partial charge >= 0.3 is 6.18 Å². The van der Waals surface area contributed by atoms with Crippen LogP contribution in [0.4, 0.5) is 18.9 Å². The van der Waals surface area contributed by atoms with Crippen LogP contribution in [-0.4, -0.2) is 9.78 Å². The van der Waals surface area contributed by atoms with E-state index in [1.54, 1.807) is 30.5 Å². The molecule has 3 rings (SSSR count). The van der Waals surface area contributed by atoms with E-state index in [2.05, 4.69) is 11.2 Å². The molecule has 0 amide bonds. The molecule has 0 spiro atoms. The standard InChI is InChI=1S/C18H13F3N4/c19-18(20,21)17-4-2-1-3-12(17)10-25-11-14(9-24-25)16-6-5-15(23)7-13(16)8-22/h1-7,9,11H,10,23H2. The smallest absolute Gasteiger partial charge is 0.399 e. The molecule has 1 aromatic heterocycles. The number of nitrogen functional groups attached to an aromatic ring is 1. The summed E-state index contributed by atoms with van der Waals surface area (Å²) < 4.78 is 40.7. The fourth-order valence-corrected chi connectivity index (χ4v) is 2.60. The molecule has 0 radical (unpaired) electrons. The van der Waals surface area contributed by atoms with Crippen molar-refractivity contribution in [3.8, 4) is 17.2 Å². The zero-order valence-corrected chi connectivity index (χ0v) is 13.0. The maximum absolute atomic E-state index is 13.1. The summed E-state index contributed by atoms with van der Waals surface area (Å²) in [4.78, 5) is 0. The van der Waals surface area contributed by atoms with Crippen LogP contribution in [0.5, 0.6) is 0 Å². The maximum atomic E-state index is 13.1.